The van der Waals surface area contributed by atoms with E-state index >= 15 is 0 Å². The number of esters is 1. The molecule has 3 aromatic heterocycles. The number of nitrogens with two attached hydrogens (primary N) is 1. The minimum absolute atomic E-state index is 0.0390. The number of nitrogens with zero attached hydrogens (tertiary/aromatic N) is 1. The molecule has 6 aromatic rings. The summed E-state index contributed by atoms with van der Waals surface area (Å²) in [6.45, 7) is 1.49. The molecule has 11 nitrogen and oxygen atoms in total. The maximum atomic E-state index is 13.7. The lowest BCUT2D eigenvalue weighted by molar-refractivity contribution is -0.135. The molecule has 1 atom stereocenters. The predicted octanol–water partition coefficient (Wildman–Crippen LogP) is 4.71. The molecular weight excluding hydrogens is 544 g/mol. The smallest absolute Gasteiger partial charge is 0.361 e. The molecule has 0 saturated carbocycles. The molecule has 11 heteroatoms. The fraction of sp³-hybridized carbons (Fsp3) is 0.161. The van der Waals surface area contributed by atoms with Gasteiger partial charge in [0.1, 0.15) is 17.1 Å². The van der Waals surface area contributed by atoms with Gasteiger partial charge in [-0.15, -0.1) is 0 Å². The van der Waals surface area contributed by atoms with Crippen molar-refractivity contribution in [2.75, 3.05) is 21.3 Å². The summed E-state index contributed by atoms with van der Waals surface area (Å²) in [5, 5.41) is 23.2. The highest BCUT2D eigenvalue weighted by atomic mass is 16.6. The van der Waals surface area contributed by atoms with Gasteiger partial charge >= 0.3 is 11.6 Å². The van der Waals surface area contributed by atoms with Crippen LogP contribution in [0.25, 0.3) is 49.3 Å². The van der Waals surface area contributed by atoms with Gasteiger partial charge in [0.25, 0.3) is 0 Å². The SMILES string of the molecule is COc1cc(-c2c3c4cc(OC)c(OC(=O)[C@H](C)N)cc4oc(=O)c3n3ccc4cc(O)c(OC)cc4c23)ccc1O. The Labute approximate surface area is 237 Å². The maximum Gasteiger partial charge on any atom is 0.361 e. The Morgan fingerprint density at radius 2 is 1.55 bits per heavy atom. The molecule has 4 N–H and O–H groups in total. The zero-order chi connectivity index (χ0) is 29.9. The van der Waals surface area contributed by atoms with Gasteiger partial charge in [0, 0.05) is 34.0 Å². The first-order valence-electron chi connectivity index (χ1n) is 12.8. The molecule has 214 valence electrons. The summed E-state index contributed by atoms with van der Waals surface area (Å²) >= 11 is 0. The number of aromatic hydroxyl groups is 2. The van der Waals surface area contributed by atoms with E-state index in [0.717, 1.165) is 0 Å². The predicted molar refractivity (Wildman–Crippen MR) is 156 cm³/mol. The van der Waals surface area contributed by atoms with Crippen LogP contribution >= 0.6 is 0 Å². The van der Waals surface area contributed by atoms with Gasteiger partial charge in [-0.25, -0.2) is 9.59 Å². The first kappa shape index (κ1) is 26.8. The lowest BCUT2D eigenvalue weighted by atomic mass is 9.98. The van der Waals surface area contributed by atoms with Gasteiger partial charge in [-0.2, -0.15) is 0 Å². The molecule has 0 aliphatic carbocycles. The molecular formula is C31H26N2O9. The number of rotatable bonds is 6. The second-order valence-corrected chi connectivity index (χ2v) is 9.73. The molecule has 0 fully saturated rings. The molecule has 0 saturated heterocycles. The molecule has 0 amide bonds. The van der Waals surface area contributed by atoms with Crippen molar-refractivity contribution in [1.82, 2.24) is 4.40 Å². The molecule has 0 aliphatic heterocycles. The Balaban J connectivity index is 1.84. The molecule has 6 rings (SSSR count). The van der Waals surface area contributed by atoms with Crippen LogP contribution in [-0.2, 0) is 4.79 Å². The minimum atomic E-state index is -0.891. The van der Waals surface area contributed by atoms with Gasteiger partial charge in [0.05, 0.1) is 26.8 Å². The van der Waals surface area contributed by atoms with Crippen LogP contribution in [-0.4, -0.2) is 48.0 Å². The van der Waals surface area contributed by atoms with Gasteiger partial charge in [-0.1, -0.05) is 6.07 Å². The van der Waals surface area contributed by atoms with Crippen molar-refractivity contribution in [1.29, 1.82) is 0 Å². The summed E-state index contributed by atoms with van der Waals surface area (Å²) in [5.74, 6) is -0.0606. The Morgan fingerprint density at radius 3 is 2.24 bits per heavy atom. The van der Waals surface area contributed by atoms with Crippen LogP contribution in [0.5, 0.6) is 34.5 Å². The highest BCUT2D eigenvalue weighted by Crippen LogP contribution is 2.46. The van der Waals surface area contributed by atoms with E-state index in [1.807, 2.05) is 0 Å². The molecule has 0 bridgehead atoms. The zero-order valence-corrected chi connectivity index (χ0v) is 23.1. The lowest BCUT2D eigenvalue weighted by Crippen LogP contribution is -2.31. The fourth-order valence-electron chi connectivity index (χ4n) is 5.24. The van der Waals surface area contributed by atoms with Crippen LogP contribution in [0.3, 0.4) is 0 Å². The van der Waals surface area contributed by atoms with Gasteiger partial charge in [-0.3, -0.25) is 0 Å². The van der Waals surface area contributed by atoms with Crippen molar-refractivity contribution in [3.8, 4) is 45.6 Å². The van der Waals surface area contributed by atoms with Crippen molar-refractivity contribution >= 4 is 44.1 Å². The second-order valence-electron chi connectivity index (χ2n) is 9.73. The van der Waals surface area contributed by atoms with E-state index in [9.17, 15) is 19.8 Å². The van der Waals surface area contributed by atoms with Crippen LogP contribution in [0.15, 0.2) is 63.9 Å². The number of methoxy groups -OCH3 is 3. The summed E-state index contributed by atoms with van der Waals surface area (Å²) in [7, 11) is 4.32. The third-order valence-electron chi connectivity index (χ3n) is 7.20. The Bertz CT molecular complexity index is 2130. The molecule has 0 radical (unpaired) electrons. The molecule has 0 aliphatic rings. The largest absolute Gasteiger partial charge is 0.504 e. The number of hydrogen-bond donors (Lipinski definition) is 3. The van der Waals surface area contributed by atoms with Gasteiger partial charge in [0.2, 0.25) is 0 Å². The second kappa shape index (κ2) is 9.89. The summed E-state index contributed by atoms with van der Waals surface area (Å²) < 4.78 is 29.3. The number of phenols is 2. The van der Waals surface area contributed by atoms with E-state index in [2.05, 4.69) is 0 Å². The molecule has 0 unspecified atom stereocenters. The topological polar surface area (TPSA) is 155 Å². The van der Waals surface area contributed by atoms with Gasteiger partial charge < -0.3 is 43.7 Å². The Hall–Kier alpha value is -5.42. The highest BCUT2D eigenvalue weighted by Gasteiger charge is 2.25. The van der Waals surface area contributed by atoms with E-state index in [1.54, 1.807) is 47.0 Å². The van der Waals surface area contributed by atoms with E-state index in [4.69, 9.17) is 29.1 Å². The minimum Gasteiger partial charge on any atom is -0.504 e. The number of pyridine rings is 1. The Kier molecular flexibility index (Phi) is 6.31. The quantitative estimate of drug-likeness (QED) is 0.146. The van der Waals surface area contributed by atoms with Crippen LogP contribution < -0.4 is 30.3 Å². The Morgan fingerprint density at radius 1 is 0.857 bits per heavy atom. The van der Waals surface area contributed by atoms with Gasteiger partial charge in [-0.05, 0) is 54.3 Å². The lowest BCUT2D eigenvalue weighted by Gasteiger charge is -2.13. The van der Waals surface area contributed by atoms with E-state index in [1.165, 1.54) is 40.4 Å². The van der Waals surface area contributed by atoms with Crippen LogP contribution in [0, 0.1) is 0 Å². The number of fused-ring (bicyclic) bond motifs is 7. The van der Waals surface area contributed by atoms with Crippen LogP contribution in [0.2, 0.25) is 0 Å². The molecule has 3 aromatic carbocycles. The summed E-state index contributed by atoms with van der Waals surface area (Å²) in [6.07, 6.45) is 1.71. The average Bonchev–Trinajstić information content (AvgIpc) is 3.33. The highest BCUT2D eigenvalue weighted by molar-refractivity contribution is 6.22. The number of phenolic OH excluding ortho intramolecular Hbond substituents is 2. The number of benzene rings is 3. The third kappa shape index (κ3) is 4.01. The molecule has 3 heterocycles. The summed E-state index contributed by atoms with van der Waals surface area (Å²) in [6, 6.07) is 12.1. The van der Waals surface area contributed by atoms with Crippen molar-refractivity contribution in [3.05, 3.63) is 65.1 Å². The summed E-state index contributed by atoms with van der Waals surface area (Å²) in [5.41, 5.74) is 7.25. The van der Waals surface area contributed by atoms with Crippen LogP contribution in [0.4, 0.5) is 0 Å². The standard InChI is InChI=1S/C31H26N2O9/c1-14(32)30(36)42-25-13-21-18(12-24(25)40-4)27-26(16-5-6-19(34)22(10-16)38-2)28-17-11-23(39-3)20(35)9-15(17)7-8-33(28)29(27)31(37)41-21/h5-14,34-35H,32H2,1-4H3/t14-/m0/s1. The number of aromatic nitrogens is 1. The summed E-state index contributed by atoms with van der Waals surface area (Å²) in [4.78, 5) is 25.9. The first-order valence-corrected chi connectivity index (χ1v) is 12.8. The number of carbonyl (C=O) groups is 1. The third-order valence-corrected chi connectivity index (χ3v) is 7.20. The fourth-order valence-corrected chi connectivity index (χ4v) is 5.24. The zero-order valence-electron chi connectivity index (χ0n) is 23.1. The monoisotopic (exact) mass is 570 g/mol. The number of hydrogen-bond acceptors (Lipinski definition) is 10. The average molecular weight is 571 g/mol. The van der Waals surface area contributed by atoms with Crippen LogP contribution in [0.1, 0.15) is 6.92 Å². The van der Waals surface area contributed by atoms with Crippen molar-refractivity contribution in [2.45, 2.75) is 13.0 Å². The molecule has 0 spiro atoms. The van der Waals surface area contributed by atoms with Crippen molar-refractivity contribution in [2.24, 2.45) is 5.73 Å². The van der Waals surface area contributed by atoms with E-state index in [0.29, 0.717) is 38.2 Å². The van der Waals surface area contributed by atoms with E-state index in [-0.39, 0.29) is 45.6 Å². The number of ether oxygens (including phenoxy) is 4. The van der Waals surface area contributed by atoms with E-state index < -0.39 is 17.6 Å². The maximum absolute atomic E-state index is 13.7. The van der Waals surface area contributed by atoms with Gasteiger partial charge in [0.15, 0.2) is 34.5 Å². The molecule has 42 heavy (non-hydrogen) atoms. The normalized spacial score (nSPS) is 12.2. The first-order chi connectivity index (χ1) is 20.2. The number of carbonyl (C=O) groups excluding carboxylic acids is 1. The van der Waals surface area contributed by atoms with Crippen molar-refractivity contribution in [3.63, 3.8) is 0 Å². The van der Waals surface area contributed by atoms with Crippen molar-refractivity contribution < 1.29 is 38.4 Å².